The highest BCUT2D eigenvalue weighted by atomic mass is 35.5. The normalized spacial score (nSPS) is 18.1. The van der Waals surface area contributed by atoms with Gasteiger partial charge in [0.15, 0.2) is 0 Å². The first-order valence-corrected chi connectivity index (χ1v) is 7.36. The third kappa shape index (κ3) is 4.75. The van der Waals surface area contributed by atoms with Crippen molar-refractivity contribution in [1.82, 2.24) is 10.2 Å². The zero-order valence-electron chi connectivity index (χ0n) is 11.0. The molecule has 4 nitrogen and oxygen atoms in total. The molecule has 0 bridgehead atoms. The Labute approximate surface area is 134 Å². The molecule has 112 valence electrons. The SMILES string of the molecule is C=CCN(Cc1ccc(Cl)s1)C(=O)C1CNCCO1.Cl. The Balaban J connectivity index is 0.00000200. The van der Waals surface area contributed by atoms with Crippen LogP contribution in [0.5, 0.6) is 0 Å². The average Bonchev–Trinajstić information content (AvgIpc) is 2.84. The van der Waals surface area contributed by atoms with Crippen molar-refractivity contribution in [2.45, 2.75) is 12.6 Å². The van der Waals surface area contributed by atoms with E-state index in [0.717, 1.165) is 15.8 Å². The summed E-state index contributed by atoms with van der Waals surface area (Å²) in [5.41, 5.74) is 0. The Morgan fingerprint density at radius 3 is 3.00 bits per heavy atom. The standard InChI is InChI=1S/C13H17ClN2O2S.ClH/c1-2-6-16(9-10-3-4-12(14)19-10)13(17)11-8-15-5-7-18-11;/h2-4,11,15H,1,5-9H2;1H. The van der Waals surface area contributed by atoms with Gasteiger partial charge in [-0.05, 0) is 12.1 Å². The number of thiophene rings is 1. The van der Waals surface area contributed by atoms with Crippen molar-refractivity contribution in [3.05, 3.63) is 34.0 Å². The molecule has 0 aliphatic carbocycles. The highest BCUT2D eigenvalue weighted by Gasteiger charge is 2.26. The van der Waals surface area contributed by atoms with E-state index in [1.807, 2.05) is 12.1 Å². The molecule has 2 heterocycles. The summed E-state index contributed by atoms with van der Waals surface area (Å²) < 4.78 is 6.23. The number of amides is 1. The van der Waals surface area contributed by atoms with E-state index in [2.05, 4.69) is 11.9 Å². The third-order valence-corrected chi connectivity index (χ3v) is 4.06. The molecule has 1 atom stereocenters. The van der Waals surface area contributed by atoms with Gasteiger partial charge < -0.3 is 15.0 Å². The quantitative estimate of drug-likeness (QED) is 0.839. The first-order valence-electron chi connectivity index (χ1n) is 6.17. The fourth-order valence-electron chi connectivity index (χ4n) is 1.94. The van der Waals surface area contributed by atoms with Gasteiger partial charge in [-0.15, -0.1) is 30.3 Å². The first kappa shape index (κ1) is 17.5. The maximum absolute atomic E-state index is 12.4. The second kappa shape index (κ2) is 8.64. The van der Waals surface area contributed by atoms with Gasteiger partial charge in [0, 0.05) is 24.5 Å². The minimum absolute atomic E-state index is 0. The van der Waals surface area contributed by atoms with Gasteiger partial charge in [-0.3, -0.25) is 4.79 Å². The average molecular weight is 337 g/mol. The maximum atomic E-state index is 12.4. The predicted molar refractivity (Wildman–Crippen MR) is 84.8 cm³/mol. The Kier molecular flexibility index (Phi) is 7.55. The van der Waals surface area contributed by atoms with Crippen molar-refractivity contribution in [1.29, 1.82) is 0 Å². The number of ether oxygens (including phenoxy) is 1. The zero-order valence-corrected chi connectivity index (χ0v) is 13.4. The fourth-order valence-corrected chi connectivity index (χ4v) is 3.04. The molecule has 0 saturated carbocycles. The topological polar surface area (TPSA) is 41.6 Å². The molecule has 1 N–H and O–H groups in total. The number of hydrogen-bond acceptors (Lipinski definition) is 4. The fraction of sp³-hybridized carbons (Fsp3) is 0.462. The van der Waals surface area contributed by atoms with Crippen molar-refractivity contribution in [3.63, 3.8) is 0 Å². The molecule has 0 aromatic carbocycles. The van der Waals surface area contributed by atoms with E-state index in [-0.39, 0.29) is 18.3 Å². The number of morpholine rings is 1. The van der Waals surface area contributed by atoms with Gasteiger partial charge >= 0.3 is 0 Å². The lowest BCUT2D eigenvalue weighted by atomic mass is 10.2. The third-order valence-electron chi connectivity index (χ3n) is 2.84. The summed E-state index contributed by atoms with van der Waals surface area (Å²) in [7, 11) is 0. The van der Waals surface area contributed by atoms with Crippen molar-refractivity contribution in [2.24, 2.45) is 0 Å². The molecule has 1 aromatic rings. The van der Waals surface area contributed by atoms with Gasteiger partial charge in [0.25, 0.3) is 5.91 Å². The molecular formula is C13H18Cl2N2O2S. The van der Waals surface area contributed by atoms with Crippen LogP contribution in [0.25, 0.3) is 0 Å². The summed E-state index contributed by atoms with van der Waals surface area (Å²) in [6.45, 7) is 6.69. The van der Waals surface area contributed by atoms with Gasteiger partial charge in [0.2, 0.25) is 0 Å². The molecule has 2 rings (SSSR count). The largest absolute Gasteiger partial charge is 0.366 e. The van der Waals surface area contributed by atoms with E-state index in [0.29, 0.717) is 26.2 Å². The molecule has 0 spiro atoms. The minimum atomic E-state index is -0.399. The number of nitrogens with one attached hydrogen (secondary N) is 1. The van der Waals surface area contributed by atoms with Crippen molar-refractivity contribution < 1.29 is 9.53 Å². The van der Waals surface area contributed by atoms with E-state index in [9.17, 15) is 4.79 Å². The Hall–Kier alpha value is -0.590. The van der Waals surface area contributed by atoms with E-state index in [4.69, 9.17) is 16.3 Å². The van der Waals surface area contributed by atoms with Crippen LogP contribution >= 0.6 is 35.3 Å². The van der Waals surface area contributed by atoms with Crippen molar-refractivity contribution >= 4 is 41.3 Å². The summed E-state index contributed by atoms with van der Waals surface area (Å²) in [5.74, 6) is -0.00313. The van der Waals surface area contributed by atoms with Crippen LogP contribution in [0.4, 0.5) is 0 Å². The Morgan fingerprint density at radius 2 is 2.45 bits per heavy atom. The first-order chi connectivity index (χ1) is 9.20. The van der Waals surface area contributed by atoms with Gasteiger partial charge in [0.05, 0.1) is 17.5 Å². The van der Waals surface area contributed by atoms with Crippen LogP contribution in [0.3, 0.4) is 0 Å². The molecule has 1 aliphatic heterocycles. The molecule has 20 heavy (non-hydrogen) atoms. The minimum Gasteiger partial charge on any atom is -0.366 e. The van der Waals surface area contributed by atoms with Crippen LogP contribution in [-0.4, -0.2) is 43.2 Å². The highest BCUT2D eigenvalue weighted by Crippen LogP contribution is 2.23. The monoisotopic (exact) mass is 336 g/mol. The van der Waals surface area contributed by atoms with Crippen LogP contribution in [0.2, 0.25) is 4.34 Å². The molecule has 1 aromatic heterocycles. The zero-order chi connectivity index (χ0) is 13.7. The van der Waals surface area contributed by atoms with E-state index in [1.54, 1.807) is 11.0 Å². The lowest BCUT2D eigenvalue weighted by molar-refractivity contribution is -0.145. The Morgan fingerprint density at radius 1 is 1.65 bits per heavy atom. The molecule has 1 fully saturated rings. The van der Waals surface area contributed by atoms with Crippen molar-refractivity contribution in [3.8, 4) is 0 Å². The van der Waals surface area contributed by atoms with Gasteiger partial charge in [-0.1, -0.05) is 17.7 Å². The molecule has 1 amide bonds. The maximum Gasteiger partial charge on any atom is 0.253 e. The molecule has 7 heteroatoms. The Bertz CT molecular complexity index is 447. The van der Waals surface area contributed by atoms with Crippen LogP contribution < -0.4 is 5.32 Å². The van der Waals surface area contributed by atoms with E-state index in [1.165, 1.54) is 11.3 Å². The molecule has 1 aliphatic rings. The second-order valence-electron chi connectivity index (χ2n) is 4.28. The van der Waals surface area contributed by atoms with Crippen LogP contribution in [0, 0.1) is 0 Å². The number of hydrogen-bond donors (Lipinski definition) is 1. The molecule has 1 unspecified atom stereocenters. The highest BCUT2D eigenvalue weighted by molar-refractivity contribution is 7.16. The van der Waals surface area contributed by atoms with Crippen molar-refractivity contribution in [2.75, 3.05) is 26.2 Å². The van der Waals surface area contributed by atoms with Crippen LogP contribution in [0.15, 0.2) is 24.8 Å². The number of nitrogens with zero attached hydrogens (tertiary/aromatic N) is 1. The smallest absolute Gasteiger partial charge is 0.253 e. The lowest BCUT2D eigenvalue weighted by Crippen LogP contribution is -2.49. The predicted octanol–water partition coefficient (Wildman–Crippen LogP) is 2.33. The molecule has 0 radical (unpaired) electrons. The summed E-state index contributed by atoms with van der Waals surface area (Å²) in [5, 5.41) is 3.16. The van der Waals surface area contributed by atoms with Crippen LogP contribution in [0.1, 0.15) is 4.88 Å². The summed E-state index contributed by atoms with van der Waals surface area (Å²) in [6, 6.07) is 3.78. The van der Waals surface area contributed by atoms with Gasteiger partial charge in [-0.25, -0.2) is 0 Å². The number of halogens is 2. The second-order valence-corrected chi connectivity index (χ2v) is 6.08. The van der Waals surface area contributed by atoms with E-state index >= 15 is 0 Å². The van der Waals surface area contributed by atoms with Crippen LogP contribution in [-0.2, 0) is 16.1 Å². The van der Waals surface area contributed by atoms with Gasteiger partial charge in [-0.2, -0.15) is 0 Å². The molecule has 1 saturated heterocycles. The molecular weight excluding hydrogens is 319 g/mol. The van der Waals surface area contributed by atoms with Gasteiger partial charge in [0.1, 0.15) is 6.10 Å². The number of rotatable bonds is 5. The summed E-state index contributed by atoms with van der Waals surface area (Å²) in [6.07, 6.45) is 1.33. The number of carbonyl (C=O) groups excluding carboxylic acids is 1. The summed E-state index contributed by atoms with van der Waals surface area (Å²) >= 11 is 7.40. The number of carbonyl (C=O) groups is 1. The summed E-state index contributed by atoms with van der Waals surface area (Å²) in [4.78, 5) is 15.2. The lowest BCUT2D eigenvalue weighted by Gasteiger charge is -2.28. The van der Waals surface area contributed by atoms with E-state index < -0.39 is 6.10 Å².